The maximum atomic E-state index is 12.8. The number of benzene rings is 1. The Hall–Kier alpha value is -2.76. The van der Waals surface area contributed by atoms with E-state index in [1.165, 1.54) is 5.56 Å². The Morgan fingerprint density at radius 2 is 1.80 bits per heavy atom. The fraction of sp³-hybridized carbons (Fsp3) is 0.368. The monoisotopic (exact) mass is 341 g/mol. The Bertz CT molecular complexity index is 772. The van der Waals surface area contributed by atoms with Crippen LogP contribution in [0.4, 0.5) is 5.82 Å². The molecule has 0 N–H and O–H groups in total. The van der Waals surface area contributed by atoms with Crippen LogP contribution in [0, 0.1) is 0 Å². The normalized spacial score (nSPS) is 13.2. The molecule has 6 heteroatoms. The third-order valence-corrected chi connectivity index (χ3v) is 4.46. The fourth-order valence-corrected chi connectivity index (χ4v) is 3.02. The van der Waals surface area contributed by atoms with Crippen LogP contribution in [0.25, 0.3) is 0 Å². The van der Waals surface area contributed by atoms with E-state index >= 15 is 0 Å². The van der Waals surface area contributed by atoms with Gasteiger partial charge in [-0.1, -0.05) is 0 Å². The number of hydrogen-bond donors (Lipinski definition) is 0. The number of amides is 1. The number of methoxy groups -OCH3 is 2. The predicted molar refractivity (Wildman–Crippen MR) is 96.6 cm³/mol. The molecule has 1 aromatic carbocycles. The molecule has 2 heterocycles. The van der Waals surface area contributed by atoms with Crippen LogP contribution in [0.3, 0.4) is 0 Å². The molecule has 0 saturated carbocycles. The highest BCUT2D eigenvalue weighted by atomic mass is 16.5. The number of anilines is 1. The molecule has 1 aliphatic rings. The van der Waals surface area contributed by atoms with Crippen LogP contribution in [0.5, 0.6) is 11.5 Å². The smallest absolute Gasteiger partial charge is 0.255 e. The summed E-state index contributed by atoms with van der Waals surface area (Å²) in [5.74, 6) is 2.24. The summed E-state index contributed by atoms with van der Waals surface area (Å²) >= 11 is 0. The van der Waals surface area contributed by atoms with E-state index in [0.29, 0.717) is 24.4 Å². The summed E-state index contributed by atoms with van der Waals surface area (Å²) in [7, 11) is 7.10. The van der Waals surface area contributed by atoms with Crippen LogP contribution in [-0.4, -0.2) is 50.7 Å². The molecule has 3 rings (SSSR count). The minimum Gasteiger partial charge on any atom is -0.493 e. The maximum Gasteiger partial charge on any atom is 0.255 e. The Morgan fingerprint density at radius 1 is 1.12 bits per heavy atom. The number of fused-ring (bicyclic) bond motifs is 1. The molecule has 0 atom stereocenters. The predicted octanol–water partition coefficient (Wildman–Crippen LogP) is 2.36. The molecule has 0 fully saturated rings. The molecule has 0 bridgehead atoms. The number of aromatic nitrogens is 1. The van der Waals surface area contributed by atoms with E-state index in [2.05, 4.69) is 4.98 Å². The lowest BCUT2D eigenvalue weighted by Gasteiger charge is -2.29. The molecule has 1 aromatic heterocycles. The zero-order valence-electron chi connectivity index (χ0n) is 15.1. The average molecular weight is 341 g/mol. The van der Waals surface area contributed by atoms with Crippen molar-refractivity contribution in [2.75, 3.05) is 39.8 Å². The highest BCUT2D eigenvalue weighted by molar-refractivity contribution is 5.94. The molecule has 6 nitrogen and oxygen atoms in total. The van der Waals surface area contributed by atoms with Crippen LogP contribution in [0.15, 0.2) is 30.5 Å². The number of hydrogen-bond acceptors (Lipinski definition) is 5. The summed E-state index contributed by atoms with van der Waals surface area (Å²) in [5, 5.41) is 0. The van der Waals surface area contributed by atoms with Crippen LogP contribution in [-0.2, 0) is 13.0 Å². The van der Waals surface area contributed by atoms with Crippen molar-refractivity contribution in [3.63, 3.8) is 0 Å². The van der Waals surface area contributed by atoms with E-state index in [9.17, 15) is 4.79 Å². The van der Waals surface area contributed by atoms with Crippen LogP contribution < -0.4 is 14.4 Å². The van der Waals surface area contributed by atoms with Crippen molar-refractivity contribution < 1.29 is 14.3 Å². The van der Waals surface area contributed by atoms with E-state index in [0.717, 1.165) is 23.6 Å². The van der Waals surface area contributed by atoms with E-state index in [-0.39, 0.29) is 5.91 Å². The molecular weight excluding hydrogens is 318 g/mol. The third kappa shape index (κ3) is 3.38. The number of nitrogens with zero attached hydrogens (tertiary/aromatic N) is 3. The summed E-state index contributed by atoms with van der Waals surface area (Å²) in [4.78, 5) is 20.9. The topological polar surface area (TPSA) is 54.9 Å². The molecule has 25 heavy (non-hydrogen) atoms. The van der Waals surface area contributed by atoms with Gasteiger partial charge in [0.25, 0.3) is 5.91 Å². The first-order valence-corrected chi connectivity index (χ1v) is 8.20. The number of carbonyl (C=O) groups is 1. The summed E-state index contributed by atoms with van der Waals surface area (Å²) in [5.41, 5.74) is 2.90. The molecule has 0 aliphatic carbocycles. The molecule has 0 unspecified atom stereocenters. The second-order valence-corrected chi connectivity index (χ2v) is 6.25. The number of rotatable bonds is 4. The average Bonchev–Trinajstić information content (AvgIpc) is 2.65. The maximum absolute atomic E-state index is 12.8. The van der Waals surface area contributed by atoms with Gasteiger partial charge in [-0.3, -0.25) is 4.79 Å². The van der Waals surface area contributed by atoms with E-state index < -0.39 is 0 Å². The molecule has 0 radical (unpaired) electrons. The van der Waals surface area contributed by atoms with Gasteiger partial charge in [-0.15, -0.1) is 0 Å². The lowest BCUT2D eigenvalue weighted by molar-refractivity contribution is 0.0734. The van der Waals surface area contributed by atoms with Gasteiger partial charge >= 0.3 is 0 Å². The molecule has 0 spiro atoms. The van der Waals surface area contributed by atoms with Gasteiger partial charge in [0, 0.05) is 33.4 Å². The quantitative estimate of drug-likeness (QED) is 0.854. The number of carbonyl (C=O) groups excluding carboxylic acids is 1. The minimum absolute atomic E-state index is 0.00163. The number of ether oxygens (including phenoxy) is 2. The van der Waals surface area contributed by atoms with Gasteiger partial charge < -0.3 is 19.3 Å². The first-order chi connectivity index (χ1) is 12.0. The van der Waals surface area contributed by atoms with Gasteiger partial charge in [0.1, 0.15) is 5.82 Å². The molecule has 1 amide bonds. The summed E-state index contributed by atoms with van der Waals surface area (Å²) in [6.07, 6.45) is 2.44. The highest BCUT2D eigenvalue weighted by Crippen LogP contribution is 2.33. The van der Waals surface area contributed by atoms with E-state index in [1.807, 2.05) is 48.2 Å². The molecule has 1 aliphatic heterocycles. The van der Waals surface area contributed by atoms with Gasteiger partial charge in [0.2, 0.25) is 0 Å². The van der Waals surface area contributed by atoms with Crippen LogP contribution >= 0.6 is 0 Å². The second-order valence-electron chi connectivity index (χ2n) is 6.25. The van der Waals surface area contributed by atoms with Gasteiger partial charge in [-0.05, 0) is 41.8 Å². The molecular formula is C19H23N3O3. The van der Waals surface area contributed by atoms with Crippen molar-refractivity contribution in [3.05, 3.63) is 47.2 Å². The van der Waals surface area contributed by atoms with E-state index in [1.54, 1.807) is 20.4 Å². The van der Waals surface area contributed by atoms with E-state index in [4.69, 9.17) is 9.47 Å². The zero-order valence-corrected chi connectivity index (χ0v) is 15.1. The first kappa shape index (κ1) is 17.1. The standard InChI is InChI=1S/C19H23N3O3/c1-21(2)18-6-5-14(11-20-18)19(23)22-8-7-13-9-16(24-3)17(25-4)10-15(13)12-22/h5-6,9-11H,7-8,12H2,1-4H3. The van der Waals surface area contributed by atoms with Gasteiger partial charge in [-0.25, -0.2) is 4.98 Å². The Labute approximate surface area is 148 Å². The Morgan fingerprint density at radius 3 is 2.36 bits per heavy atom. The largest absolute Gasteiger partial charge is 0.493 e. The van der Waals surface area contributed by atoms with Crippen molar-refractivity contribution in [2.24, 2.45) is 0 Å². The van der Waals surface area contributed by atoms with Crippen LogP contribution in [0.2, 0.25) is 0 Å². The fourth-order valence-electron chi connectivity index (χ4n) is 3.02. The molecule has 132 valence electrons. The second kappa shape index (κ2) is 7.01. The summed E-state index contributed by atoms with van der Waals surface area (Å²) in [6, 6.07) is 7.65. The summed E-state index contributed by atoms with van der Waals surface area (Å²) in [6.45, 7) is 1.24. The van der Waals surface area contributed by atoms with Gasteiger partial charge in [0.05, 0.1) is 19.8 Å². The molecule has 0 saturated heterocycles. The third-order valence-electron chi connectivity index (χ3n) is 4.46. The lowest BCUT2D eigenvalue weighted by Crippen LogP contribution is -2.36. The van der Waals surface area contributed by atoms with Crippen molar-refractivity contribution in [1.29, 1.82) is 0 Å². The first-order valence-electron chi connectivity index (χ1n) is 8.20. The highest BCUT2D eigenvalue weighted by Gasteiger charge is 2.24. The Balaban J connectivity index is 1.80. The lowest BCUT2D eigenvalue weighted by atomic mass is 9.98. The van der Waals surface area contributed by atoms with Crippen molar-refractivity contribution in [2.45, 2.75) is 13.0 Å². The van der Waals surface area contributed by atoms with Crippen LogP contribution in [0.1, 0.15) is 21.5 Å². The SMILES string of the molecule is COc1cc2c(cc1OC)CN(C(=O)c1ccc(N(C)C)nc1)CC2. The zero-order chi connectivity index (χ0) is 18.0. The van der Waals surface area contributed by atoms with Crippen molar-refractivity contribution in [3.8, 4) is 11.5 Å². The Kier molecular flexibility index (Phi) is 4.79. The number of pyridine rings is 1. The molecule has 2 aromatic rings. The van der Waals surface area contributed by atoms with Gasteiger partial charge in [-0.2, -0.15) is 0 Å². The van der Waals surface area contributed by atoms with Crippen molar-refractivity contribution >= 4 is 11.7 Å². The van der Waals surface area contributed by atoms with Gasteiger partial charge in [0.15, 0.2) is 11.5 Å². The van der Waals surface area contributed by atoms with Crippen molar-refractivity contribution in [1.82, 2.24) is 9.88 Å². The minimum atomic E-state index is -0.00163. The summed E-state index contributed by atoms with van der Waals surface area (Å²) < 4.78 is 10.7.